The molecule has 0 radical (unpaired) electrons. The maximum atomic E-state index is 13.0. The SMILES string of the molecule is CCCCCCCCCCCCCCCC(=O)OC[C@H](COP(=O)(O)OC[C@@H](O)COP(=O)(O)OC[C@@H](COC(=O)CCCCCCCCCCC(C)C)OC(=O)CCCCCCCCCCCCCCC)OC(=O)CCCCCCCCCCCCCC(C)C. The van der Waals surface area contributed by atoms with Gasteiger partial charge in [0, 0.05) is 25.7 Å². The van der Waals surface area contributed by atoms with E-state index in [0.29, 0.717) is 25.7 Å². The molecule has 0 amide bonds. The summed E-state index contributed by atoms with van der Waals surface area (Å²) in [6.07, 6.45) is 49.8. The van der Waals surface area contributed by atoms with E-state index in [2.05, 4.69) is 41.5 Å². The Kier molecular flexibility index (Phi) is 62.7. The number of phosphoric acid groups is 2. The van der Waals surface area contributed by atoms with Gasteiger partial charge in [-0.2, -0.15) is 0 Å². The number of carbonyl (C=O) groups excluding carboxylic acids is 4. The van der Waals surface area contributed by atoms with Crippen LogP contribution in [0.1, 0.15) is 369 Å². The van der Waals surface area contributed by atoms with Crippen molar-refractivity contribution in [2.24, 2.45) is 11.8 Å². The summed E-state index contributed by atoms with van der Waals surface area (Å²) in [7, 11) is -9.90. The molecule has 540 valence electrons. The van der Waals surface area contributed by atoms with Gasteiger partial charge in [0.25, 0.3) is 0 Å². The summed E-state index contributed by atoms with van der Waals surface area (Å²) < 4.78 is 68.4. The average molecular weight is 1340 g/mol. The minimum absolute atomic E-state index is 0.107. The smallest absolute Gasteiger partial charge is 0.462 e. The first kappa shape index (κ1) is 89.1. The number of esters is 4. The quantitative estimate of drug-likeness (QED) is 0.0222. The number of hydrogen-bond acceptors (Lipinski definition) is 15. The Hall–Kier alpha value is -1.94. The van der Waals surface area contributed by atoms with Crippen LogP contribution in [0.5, 0.6) is 0 Å². The molecule has 19 heteroatoms. The zero-order valence-corrected chi connectivity index (χ0v) is 60.9. The van der Waals surface area contributed by atoms with E-state index >= 15 is 0 Å². The Morgan fingerprint density at radius 2 is 0.505 bits per heavy atom. The molecule has 3 N–H and O–H groups in total. The molecule has 91 heavy (non-hydrogen) atoms. The molecule has 2 unspecified atom stereocenters. The van der Waals surface area contributed by atoms with Gasteiger partial charge in [0.05, 0.1) is 26.4 Å². The van der Waals surface area contributed by atoms with Crippen LogP contribution in [-0.4, -0.2) is 96.7 Å². The van der Waals surface area contributed by atoms with E-state index in [1.165, 1.54) is 186 Å². The van der Waals surface area contributed by atoms with Crippen molar-refractivity contribution in [2.45, 2.75) is 387 Å². The van der Waals surface area contributed by atoms with Gasteiger partial charge in [0.1, 0.15) is 19.3 Å². The van der Waals surface area contributed by atoms with Crippen molar-refractivity contribution in [3.05, 3.63) is 0 Å². The van der Waals surface area contributed by atoms with Crippen LogP contribution >= 0.6 is 15.6 Å². The summed E-state index contributed by atoms with van der Waals surface area (Å²) in [6.45, 7) is 9.54. The Morgan fingerprint density at radius 1 is 0.297 bits per heavy atom. The molecular formula is C72H140O17P2. The fraction of sp³-hybridized carbons (Fsp3) is 0.944. The first-order chi connectivity index (χ1) is 43.9. The topological polar surface area (TPSA) is 237 Å². The molecule has 0 heterocycles. The minimum atomic E-state index is -4.95. The molecule has 17 nitrogen and oxygen atoms in total. The lowest BCUT2D eigenvalue weighted by molar-refractivity contribution is -0.161. The molecule has 0 aliphatic carbocycles. The van der Waals surface area contributed by atoms with E-state index in [4.69, 9.17) is 37.0 Å². The molecule has 0 bridgehead atoms. The summed E-state index contributed by atoms with van der Waals surface area (Å²) >= 11 is 0. The second kappa shape index (κ2) is 64.1. The Bertz CT molecular complexity index is 1770. The monoisotopic (exact) mass is 1340 g/mol. The zero-order valence-electron chi connectivity index (χ0n) is 59.1. The van der Waals surface area contributed by atoms with E-state index in [-0.39, 0.29) is 25.7 Å². The molecule has 0 spiro atoms. The van der Waals surface area contributed by atoms with Crippen LogP contribution in [0.15, 0.2) is 0 Å². The van der Waals surface area contributed by atoms with E-state index in [9.17, 15) is 43.2 Å². The van der Waals surface area contributed by atoms with Gasteiger partial charge in [-0.25, -0.2) is 9.13 Å². The van der Waals surface area contributed by atoms with Crippen LogP contribution in [0.25, 0.3) is 0 Å². The lowest BCUT2D eigenvalue weighted by Crippen LogP contribution is -2.30. The molecule has 0 fully saturated rings. The standard InChI is InChI=1S/C72H140O17P2/c1-7-9-11-13-15-17-19-21-25-29-36-42-48-54-69(74)82-60-67(88-72(77)57-51-45-39-31-27-23-24-28-34-40-46-52-64(3)4)62-86-90(78,79)84-58-66(73)59-85-91(80,81)87-63-68(61-83-70(75)55-49-43-37-33-32-35-41-47-53-65(5)6)89-71(76)56-50-44-38-30-26-22-20-18-16-14-12-10-8-2/h64-68,73H,7-63H2,1-6H3,(H,78,79)(H,80,81)/t66-,67-,68-/m1/s1. The molecule has 0 aliphatic rings. The number of aliphatic hydroxyl groups is 1. The van der Waals surface area contributed by atoms with Gasteiger partial charge in [0.2, 0.25) is 0 Å². The summed E-state index contributed by atoms with van der Waals surface area (Å²) in [5, 5.41) is 10.6. The van der Waals surface area contributed by atoms with Crippen molar-refractivity contribution >= 4 is 39.5 Å². The predicted molar refractivity (Wildman–Crippen MR) is 368 cm³/mol. The fourth-order valence-corrected chi connectivity index (χ4v) is 12.5. The van der Waals surface area contributed by atoms with Crippen molar-refractivity contribution in [1.82, 2.24) is 0 Å². The lowest BCUT2D eigenvalue weighted by Gasteiger charge is -2.21. The van der Waals surface area contributed by atoms with E-state index in [1.54, 1.807) is 0 Å². The van der Waals surface area contributed by atoms with Crippen molar-refractivity contribution in [1.29, 1.82) is 0 Å². The highest BCUT2D eigenvalue weighted by atomic mass is 31.2. The second-order valence-electron chi connectivity index (χ2n) is 26.9. The minimum Gasteiger partial charge on any atom is -0.462 e. The molecule has 0 saturated heterocycles. The molecule has 0 aromatic carbocycles. The number of phosphoric ester groups is 2. The van der Waals surface area contributed by atoms with Crippen molar-refractivity contribution in [3.63, 3.8) is 0 Å². The first-order valence-electron chi connectivity index (χ1n) is 37.5. The van der Waals surface area contributed by atoms with Crippen LogP contribution in [0, 0.1) is 11.8 Å². The van der Waals surface area contributed by atoms with Crippen molar-refractivity contribution < 1.29 is 80.2 Å². The highest BCUT2D eigenvalue weighted by molar-refractivity contribution is 7.47. The lowest BCUT2D eigenvalue weighted by atomic mass is 10.0. The number of carbonyl (C=O) groups is 4. The number of hydrogen-bond donors (Lipinski definition) is 3. The van der Waals surface area contributed by atoms with Gasteiger partial charge in [0.15, 0.2) is 12.2 Å². The molecule has 0 aliphatic heterocycles. The van der Waals surface area contributed by atoms with Gasteiger partial charge in [-0.05, 0) is 37.5 Å². The van der Waals surface area contributed by atoms with Crippen LogP contribution < -0.4 is 0 Å². The third-order valence-corrected chi connectivity index (χ3v) is 18.6. The van der Waals surface area contributed by atoms with Gasteiger partial charge < -0.3 is 33.8 Å². The van der Waals surface area contributed by atoms with Crippen molar-refractivity contribution in [2.75, 3.05) is 39.6 Å². The average Bonchev–Trinajstić information content (AvgIpc) is 2.73. The van der Waals surface area contributed by atoms with Crippen LogP contribution in [0.2, 0.25) is 0 Å². The van der Waals surface area contributed by atoms with E-state index < -0.39 is 97.5 Å². The van der Waals surface area contributed by atoms with Crippen LogP contribution in [0.4, 0.5) is 0 Å². The van der Waals surface area contributed by atoms with Crippen LogP contribution in [0.3, 0.4) is 0 Å². The first-order valence-corrected chi connectivity index (χ1v) is 40.5. The fourth-order valence-electron chi connectivity index (χ4n) is 10.9. The molecule has 0 saturated carbocycles. The maximum Gasteiger partial charge on any atom is 0.472 e. The predicted octanol–water partition coefficient (Wildman–Crippen LogP) is 20.8. The summed E-state index contributed by atoms with van der Waals surface area (Å²) in [6, 6.07) is 0. The Labute approximate surface area is 556 Å². The number of ether oxygens (including phenoxy) is 4. The van der Waals surface area contributed by atoms with Gasteiger partial charge in [-0.15, -0.1) is 0 Å². The number of aliphatic hydroxyl groups excluding tert-OH is 1. The van der Waals surface area contributed by atoms with Gasteiger partial charge in [-0.3, -0.25) is 37.3 Å². The highest BCUT2D eigenvalue weighted by Crippen LogP contribution is 2.45. The maximum absolute atomic E-state index is 13.0. The number of rotatable bonds is 71. The summed E-state index contributed by atoms with van der Waals surface area (Å²) in [5.41, 5.74) is 0. The molecular weight excluding hydrogens is 1200 g/mol. The highest BCUT2D eigenvalue weighted by Gasteiger charge is 2.30. The van der Waals surface area contributed by atoms with Crippen LogP contribution in [-0.2, 0) is 65.4 Å². The Balaban J connectivity index is 5.26. The second-order valence-corrected chi connectivity index (χ2v) is 29.8. The molecule has 5 atom stereocenters. The normalized spacial score (nSPS) is 14.1. The summed E-state index contributed by atoms with van der Waals surface area (Å²) in [4.78, 5) is 72.7. The molecule has 0 aromatic heterocycles. The third kappa shape index (κ3) is 66.5. The molecule has 0 aromatic rings. The molecule has 0 rings (SSSR count). The summed E-state index contributed by atoms with van der Waals surface area (Å²) in [5.74, 6) is -0.627. The van der Waals surface area contributed by atoms with Gasteiger partial charge in [-0.1, -0.05) is 318 Å². The Morgan fingerprint density at radius 3 is 0.747 bits per heavy atom. The van der Waals surface area contributed by atoms with E-state index in [0.717, 1.165) is 102 Å². The number of unbranched alkanes of at least 4 members (excludes halogenated alkanes) is 41. The van der Waals surface area contributed by atoms with Crippen molar-refractivity contribution in [3.8, 4) is 0 Å². The van der Waals surface area contributed by atoms with Gasteiger partial charge >= 0.3 is 39.5 Å². The third-order valence-electron chi connectivity index (χ3n) is 16.7. The zero-order chi connectivity index (χ0) is 67.2. The largest absolute Gasteiger partial charge is 0.472 e. The van der Waals surface area contributed by atoms with E-state index in [1.807, 2.05) is 0 Å².